The lowest BCUT2D eigenvalue weighted by Gasteiger charge is -2.43. The highest BCUT2D eigenvalue weighted by atomic mass is 16.5. The summed E-state index contributed by atoms with van der Waals surface area (Å²) in [7, 11) is 6.13. The highest BCUT2D eigenvalue weighted by molar-refractivity contribution is 5.79. The number of nitrogens with zero attached hydrogens (tertiary/aromatic N) is 2. The number of rotatable bonds is 5. The average Bonchev–Trinajstić information content (AvgIpc) is 2.57. The average molecular weight is 332 g/mol. The van der Waals surface area contributed by atoms with E-state index in [0.29, 0.717) is 0 Å². The predicted octanol–water partition coefficient (Wildman–Crippen LogP) is 2.08. The molecule has 2 rings (SSSR count). The smallest absolute Gasteiger partial charge is 0.191 e. The monoisotopic (exact) mass is 332 g/mol. The van der Waals surface area contributed by atoms with Crippen molar-refractivity contribution in [2.24, 2.45) is 4.99 Å². The Balaban J connectivity index is 1.92. The summed E-state index contributed by atoms with van der Waals surface area (Å²) in [5, 5.41) is 6.93. The zero-order valence-corrected chi connectivity index (χ0v) is 15.8. The molecule has 0 aromatic heterocycles. The van der Waals surface area contributed by atoms with E-state index < -0.39 is 0 Å². The zero-order valence-electron chi connectivity index (χ0n) is 15.8. The lowest BCUT2D eigenvalue weighted by atomic mass is 9.88. The molecule has 1 heterocycles. The van der Waals surface area contributed by atoms with E-state index >= 15 is 0 Å². The van der Waals surface area contributed by atoms with Gasteiger partial charge in [0, 0.05) is 38.9 Å². The van der Waals surface area contributed by atoms with Crippen molar-refractivity contribution in [2.75, 3.05) is 40.9 Å². The van der Waals surface area contributed by atoms with E-state index in [2.05, 4.69) is 66.7 Å². The molecule has 134 valence electrons. The molecule has 1 aromatic rings. The Hall–Kier alpha value is -1.59. The highest BCUT2D eigenvalue weighted by Crippen LogP contribution is 2.25. The summed E-state index contributed by atoms with van der Waals surface area (Å²) in [5.41, 5.74) is 4.05. The van der Waals surface area contributed by atoms with Gasteiger partial charge in [-0.25, -0.2) is 0 Å². The van der Waals surface area contributed by atoms with Crippen LogP contribution >= 0.6 is 0 Å². The Morgan fingerprint density at radius 3 is 2.50 bits per heavy atom. The van der Waals surface area contributed by atoms with Crippen LogP contribution in [0.5, 0.6) is 0 Å². The molecule has 1 saturated heterocycles. The van der Waals surface area contributed by atoms with E-state index in [1.807, 2.05) is 7.05 Å². The number of benzene rings is 1. The minimum atomic E-state index is 0.135. The number of nitrogens with one attached hydrogen (secondary N) is 2. The van der Waals surface area contributed by atoms with E-state index in [1.165, 1.54) is 16.7 Å². The summed E-state index contributed by atoms with van der Waals surface area (Å²) in [4.78, 5) is 6.69. The van der Waals surface area contributed by atoms with Crippen LogP contribution in [0, 0.1) is 13.8 Å². The number of ether oxygens (including phenoxy) is 1. The molecule has 0 saturated carbocycles. The maximum Gasteiger partial charge on any atom is 0.191 e. The Labute approximate surface area is 146 Å². The number of likely N-dealkylation sites (N-methyl/N-ethyl adjacent to an activating group) is 1. The van der Waals surface area contributed by atoms with Gasteiger partial charge < -0.3 is 20.3 Å². The van der Waals surface area contributed by atoms with Crippen molar-refractivity contribution in [1.29, 1.82) is 0 Å². The van der Waals surface area contributed by atoms with Crippen LogP contribution < -0.4 is 10.6 Å². The summed E-state index contributed by atoms with van der Waals surface area (Å²) in [6.07, 6.45) is 2.09. The Bertz CT molecular complexity index is 562. The Kier molecular flexibility index (Phi) is 6.63. The van der Waals surface area contributed by atoms with Crippen LogP contribution in [0.1, 0.15) is 29.5 Å². The first-order chi connectivity index (χ1) is 11.5. The number of hydrogen-bond acceptors (Lipinski definition) is 3. The molecule has 1 aromatic carbocycles. The Morgan fingerprint density at radius 1 is 1.21 bits per heavy atom. The van der Waals surface area contributed by atoms with Gasteiger partial charge in [-0.3, -0.25) is 4.99 Å². The standard InChI is InChI=1S/C19H32N4O/c1-15-6-7-17(16(2)12-15)13-21-18(20-3)22-14-19(23(4)5)8-10-24-11-9-19/h6-7,12H,8-11,13-14H2,1-5H3,(H2,20,21,22). The van der Waals surface area contributed by atoms with Gasteiger partial charge in [-0.05, 0) is 51.9 Å². The van der Waals surface area contributed by atoms with Crippen molar-refractivity contribution in [2.45, 2.75) is 38.8 Å². The lowest BCUT2D eigenvalue weighted by molar-refractivity contribution is -0.00501. The van der Waals surface area contributed by atoms with Crippen molar-refractivity contribution in [1.82, 2.24) is 15.5 Å². The van der Waals surface area contributed by atoms with Crippen LogP contribution in [0.15, 0.2) is 23.2 Å². The molecule has 1 fully saturated rings. The molecule has 5 nitrogen and oxygen atoms in total. The molecular formula is C19H32N4O. The van der Waals surface area contributed by atoms with Crippen LogP contribution in [0.2, 0.25) is 0 Å². The third kappa shape index (κ3) is 4.71. The number of aryl methyl sites for hydroxylation is 2. The Morgan fingerprint density at radius 2 is 1.92 bits per heavy atom. The molecule has 0 atom stereocenters. The second-order valence-electron chi connectivity index (χ2n) is 6.94. The van der Waals surface area contributed by atoms with Gasteiger partial charge in [-0.1, -0.05) is 23.8 Å². The second-order valence-corrected chi connectivity index (χ2v) is 6.94. The normalized spacial score (nSPS) is 17.8. The summed E-state index contributed by atoms with van der Waals surface area (Å²) < 4.78 is 5.54. The topological polar surface area (TPSA) is 48.9 Å². The molecule has 24 heavy (non-hydrogen) atoms. The quantitative estimate of drug-likeness (QED) is 0.640. The first-order valence-electron chi connectivity index (χ1n) is 8.73. The number of hydrogen-bond donors (Lipinski definition) is 2. The molecule has 1 aliphatic rings. The predicted molar refractivity (Wildman–Crippen MR) is 101 cm³/mol. The fourth-order valence-corrected chi connectivity index (χ4v) is 3.23. The second kappa shape index (κ2) is 8.49. The molecule has 0 amide bonds. The van der Waals surface area contributed by atoms with E-state index in [4.69, 9.17) is 4.74 Å². The molecule has 0 unspecified atom stereocenters. The maximum atomic E-state index is 5.54. The summed E-state index contributed by atoms with van der Waals surface area (Å²) >= 11 is 0. The van der Waals surface area contributed by atoms with Crippen LogP contribution in [0.3, 0.4) is 0 Å². The van der Waals surface area contributed by atoms with Gasteiger partial charge >= 0.3 is 0 Å². The van der Waals surface area contributed by atoms with Gasteiger partial charge in [0.1, 0.15) is 0 Å². The van der Waals surface area contributed by atoms with Crippen LogP contribution in [0.25, 0.3) is 0 Å². The first-order valence-corrected chi connectivity index (χ1v) is 8.73. The van der Waals surface area contributed by atoms with E-state index in [1.54, 1.807) is 0 Å². The molecule has 0 radical (unpaired) electrons. The molecule has 5 heteroatoms. The molecular weight excluding hydrogens is 300 g/mol. The zero-order chi connectivity index (χ0) is 17.6. The lowest BCUT2D eigenvalue weighted by Crippen LogP contribution is -2.57. The minimum absolute atomic E-state index is 0.135. The third-order valence-electron chi connectivity index (χ3n) is 5.13. The minimum Gasteiger partial charge on any atom is -0.381 e. The molecule has 0 bridgehead atoms. The van der Waals surface area contributed by atoms with Crippen molar-refractivity contribution < 1.29 is 4.74 Å². The van der Waals surface area contributed by atoms with E-state index in [9.17, 15) is 0 Å². The summed E-state index contributed by atoms with van der Waals surface area (Å²) in [6, 6.07) is 6.56. The van der Waals surface area contributed by atoms with Gasteiger partial charge in [-0.2, -0.15) is 0 Å². The molecule has 1 aliphatic heterocycles. The van der Waals surface area contributed by atoms with Crippen molar-refractivity contribution in [3.8, 4) is 0 Å². The van der Waals surface area contributed by atoms with Crippen molar-refractivity contribution >= 4 is 5.96 Å². The van der Waals surface area contributed by atoms with E-state index in [-0.39, 0.29) is 5.54 Å². The molecule has 0 aliphatic carbocycles. The molecule has 0 spiro atoms. The van der Waals surface area contributed by atoms with Gasteiger partial charge in [-0.15, -0.1) is 0 Å². The third-order valence-corrected chi connectivity index (χ3v) is 5.13. The molecule has 2 N–H and O–H groups in total. The van der Waals surface area contributed by atoms with Crippen LogP contribution in [-0.4, -0.2) is 57.3 Å². The highest BCUT2D eigenvalue weighted by Gasteiger charge is 2.34. The van der Waals surface area contributed by atoms with Crippen LogP contribution in [0.4, 0.5) is 0 Å². The largest absolute Gasteiger partial charge is 0.381 e. The van der Waals surface area contributed by atoms with E-state index in [0.717, 1.165) is 45.1 Å². The van der Waals surface area contributed by atoms with Crippen molar-refractivity contribution in [3.63, 3.8) is 0 Å². The van der Waals surface area contributed by atoms with Gasteiger partial charge in [0.05, 0.1) is 0 Å². The van der Waals surface area contributed by atoms with Gasteiger partial charge in [0.25, 0.3) is 0 Å². The fraction of sp³-hybridized carbons (Fsp3) is 0.632. The first kappa shape index (κ1) is 18.7. The van der Waals surface area contributed by atoms with Gasteiger partial charge in [0.2, 0.25) is 0 Å². The summed E-state index contributed by atoms with van der Waals surface area (Å²) in [6.45, 7) is 7.59. The van der Waals surface area contributed by atoms with Gasteiger partial charge in [0.15, 0.2) is 5.96 Å². The fourth-order valence-electron chi connectivity index (χ4n) is 3.23. The van der Waals surface area contributed by atoms with Crippen molar-refractivity contribution in [3.05, 3.63) is 34.9 Å². The summed E-state index contributed by atoms with van der Waals surface area (Å²) in [5.74, 6) is 0.850. The number of aliphatic imine (C=N–C) groups is 1. The van der Waals surface area contributed by atoms with Crippen LogP contribution in [-0.2, 0) is 11.3 Å². The number of guanidine groups is 1. The maximum absolute atomic E-state index is 5.54. The SMILES string of the molecule is CN=C(NCc1ccc(C)cc1C)NCC1(N(C)C)CCOCC1.